The SMILES string of the molecule is CCCCOc1ccc(-c2nnc(-c3ccc(C)cc3)o2)cc1. The molecule has 0 bridgehead atoms. The van der Waals surface area contributed by atoms with Gasteiger partial charge in [0.15, 0.2) is 0 Å². The van der Waals surface area contributed by atoms with Gasteiger partial charge >= 0.3 is 0 Å². The maximum Gasteiger partial charge on any atom is 0.248 e. The van der Waals surface area contributed by atoms with E-state index in [0.717, 1.165) is 36.3 Å². The lowest BCUT2D eigenvalue weighted by molar-refractivity contribution is 0.309. The first-order valence-electron chi connectivity index (χ1n) is 7.90. The average Bonchev–Trinajstić information content (AvgIpc) is 3.06. The fraction of sp³-hybridized carbons (Fsp3) is 0.263. The molecule has 0 atom stereocenters. The highest BCUT2D eigenvalue weighted by atomic mass is 16.5. The molecule has 0 fully saturated rings. The summed E-state index contributed by atoms with van der Waals surface area (Å²) in [4.78, 5) is 0. The van der Waals surface area contributed by atoms with Crippen molar-refractivity contribution in [3.63, 3.8) is 0 Å². The number of hydrogen-bond acceptors (Lipinski definition) is 4. The van der Waals surface area contributed by atoms with Gasteiger partial charge in [-0.15, -0.1) is 10.2 Å². The lowest BCUT2D eigenvalue weighted by atomic mass is 10.1. The molecule has 1 heterocycles. The smallest absolute Gasteiger partial charge is 0.248 e. The van der Waals surface area contributed by atoms with Crippen LogP contribution in [0.5, 0.6) is 5.75 Å². The number of aryl methyl sites for hydroxylation is 1. The zero-order chi connectivity index (χ0) is 16.1. The van der Waals surface area contributed by atoms with E-state index in [1.807, 2.05) is 55.5 Å². The Kier molecular flexibility index (Phi) is 4.71. The molecule has 23 heavy (non-hydrogen) atoms. The van der Waals surface area contributed by atoms with Crippen molar-refractivity contribution in [2.45, 2.75) is 26.7 Å². The summed E-state index contributed by atoms with van der Waals surface area (Å²) in [6.07, 6.45) is 2.19. The van der Waals surface area contributed by atoms with Gasteiger partial charge in [0.2, 0.25) is 11.8 Å². The summed E-state index contributed by atoms with van der Waals surface area (Å²) in [7, 11) is 0. The van der Waals surface area contributed by atoms with Crippen LogP contribution in [0.2, 0.25) is 0 Å². The van der Waals surface area contributed by atoms with Crippen LogP contribution in [-0.4, -0.2) is 16.8 Å². The van der Waals surface area contributed by atoms with Crippen molar-refractivity contribution < 1.29 is 9.15 Å². The van der Waals surface area contributed by atoms with Crippen LogP contribution in [0, 0.1) is 6.92 Å². The Morgan fingerprint density at radius 2 is 1.43 bits per heavy atom. The van der Waals surface area contributed by atoms with Gasteiger partial charge in [0.1, 0.15) is 5.75 Å². The molecule has 118 valence electrons. The second-order valence-corrected chi connectivity index (χ2v) is 5.50. The minimum atomic E-state index is 0.515. The molecular formula is C19H20N2O2. The number of nitrogens with zero attached hydrogens (tertiary/aromatic N) is 2. The van der Waals surface area contributed by atoms with Crippen LogP contribution < -0.4 is 4.74 Å². The molecule has 0 unspecified atom stereocenters. The van der Waals surface area contributed by atoms with Crippen LogP contribution in [0.1, 0.15) is 25.3 Å². The largest absolute Gasteiger partial charge is 0.494 e. The van der Waals surface area contributed by atoms with Gasteiger partial charge < -0.3 is 9.15 Å². The predicted molar refractivity (Wildman–Crippen MR) is 90.3 cm³/mol. The summed E-state index contributed by atoms with van der Waals surface area (Å²) in [6.45, 7) is 4.94. The van der Waals surface area contributed by atoms with Gasteiger partial charge in [0.25, 0.3) is 0 Å². The predicted octanol–water partition coefficient (Wildman–Crippen LogP) is 4.89. The fourth-order valence-corrected chi connectivity index (χ4v) is 2.18. The van der Waals surface area contributed by atoms with Crippen molar-refractivity contribution in [2.24, 2.45) is 0 Å². The summed E-state index contributed by atoms with van der Waals surface area (Å²) in [5.41, 5.74) is 3.01. The Labute approximate surface area is 136 Å². The van der Waals surface area contributed by atoms with Crippen LogP contribution in [0.15, 0.2) is 52.9 Å². The minimum Gasteiger partial charge on any atom is -0.494 e. The lowest BCUT2D eigenvalue weighted by Crippen LogP contribution is -1.95. The topological polar surface area (TPSA) is 48.2 Å². The summed E-state index contributed by atoms with van der Waals surface area (Å²) in [5.74, 6) is 1.91. The van der Waals surface area contributed by atoms with E-state index in [1.165, 1.54) is 5.56 Å². The quantitative estimate of drug-likeness (QED) is 0.608. The van der Waals surface area contributed by atoms with Crippen molar-refractivity contribution in [1.82, 2.24) is 10.2 Å². The molecule has 0 aliphatic carbocycles. The first-order valence-corrected chi connectivity index (χ1v) is 7.90. The molecule has 0 radical (unpaired) electrons. The van der Waals surface area contributed by atoms with Crippen molar-refractivity contribution >= 4 is 0 Å². The Morgan fingerprint density at radius 3 is 2.00 bits per heavy atom. The van der Waals surface area contributed by atoms with Crippen LogP contribution in [0.25, 0.3) is 22.9 Å². The van der Waals surface area contributed by atoms with E-state index in [2.05, 4.69) is 17.1 Å². The summed E-state index contributed by atoms with van der Waals surface area (Å²) in [5, 5.41) is 8.26. The number of unbranched alkanes of at least 4 members (excludes halogenated alkanes) is 1. The molecule has 0 aliphatic rings. The molecule has 4 heteroatoms. The van der Waals surface area contributed by atoms with Crippen LogP contribution in [0.3, 0.4) is 0 Å². The van der Waals surface area contributed by atoms with Crippen molar-refractivity contribution in [2.75, 3.05) is 6.61 Å². The first kappa shape index (κ1) is 15.3. The minimum absolute atomic E-state index is 0.515. The van der Waals surface area contributed by atoms with Gasteiger partial charge in [-0.05, 0) is 49.7 Å². The van der Waals surface area contributed by atoms with E-state index in [9.17, 15) is 0 Å². The molecule has 0 saturated carbocycles. The molecule has 0 amide bonds. The third-order valence-corrected chi connectivity index (χ3v) is 3.59. The molecule has 3 rings (SSSR count). The van der Waals surface area contributed by atoms with Crippen molar-refractivity contribution in [1.29, 1.82) is 0 Å². The monoisotopic (exact) mass is 308 g/mol. The third kappa shape index (κ3) is 3.77. The molecule has 1 aromatic heterocycles. The average molecular weight is 308 g/mol. The van der Waals surface area contributed by atoms with Crippen LogP contribution >= 0.6 is 0 Å². The van der Waals surface area contributed by atoms with Gasteiger partial charge in [0.05, 0.1) is 6.61 Å². The van der Waals surface area contributed by atoms with E-state index >= 15 is 0 Å². The highest BCUT2D eigenvalue weighted by molar-refractivity contribution is 5.58. The normalized spacial score (nSPS) is 10.7. The molecule has 0 saturated heterocycles. The molecule has 0 aliphatic heterocycles. The molecule has 2 aromatic carbocycles. The Bertz CT molecular complexity index is 746. The van der Waals surface area contributed by atoms with Crippen molar-refractivity contribution in [3.05, 3.63) is 54.1 Å². The zero-order valence-corrected chi connectivity index (χ0v) is 13.5. The third-order valence-electron chi connectivity index (χ3n) is 3.59. The van der Waals surface area contributed by atoms with E-state index in [0.29, 0.717) is 11.8 Å². The molecule has 4 nitrogen and oxygen atoms in total. The van der Waals surface area contributed by atoms with Gasteiger partial charge in [-0.2, -0.15) is 0 Å². The number of hydrogen-bond donors (Lipinski definition) is 0. The standard InChI is InChI=1S/C19H20N2O2/c1-3-4-13-22-17-11-9-16(10-12-17)19-21-20-18(23-19)15-7-5-14(2)6-8-15/h5-12H,3-4,13H2,1-2H3. The number of rotatable bonds is 6. The number of benzene rings is 2. The maximum absolute atomic E-state index is 5.77. The second kappa shape index (κ2) is 7.09. The van der Waals surface area contributed by atoms with Crippen molar-refractivity contribution in [3.8, 4) is 28.7 Å². The lowest BCUT2D eigenvalue weighted by Gasteiger charge is -2.05. The van der Waals surface area contributed by atoms with Gasteiger partial charge in [-0.1, -0.05) is 31.0 Å². The molecular weight excluding hydrogens is 288 g/mol. The number of aromatic nitrogens is 2. The second-order valence-electron chi connectivity index (χ2n) is 5.50. The van der Waals surface area contributed by atoms with Crippen LogP contribution in [0.4, 0.5) is 0 Å². The summed E-state index contributed by atoms with van der Waals surface area (Å²) < 4.78 is 11.4. The van der Waals surface area contributed by atoms with E-state index in [-0.39, 0.29) is 0 Å². The van der Waals surface area contributed by atoms with E-state index in [4.69, 9.17) is 9.15 Å². The Hall–Kier alpha value is -2.62. The van der Waals surface area contributed by atoms with Gasteiger partial charge in [-0.25, -0.2) is 0 Å². The van der Waals surface area contributed by atoms with Gasteiger partial charge in [0, 0.05) is 11.1 Å². The Balaban J connectivity index is 1.73. The fourth-order valence-electron chi connectivity index (χ4n) is 2.18. The zero-order valence-electron chi connectivity index (χ0n) is 13.5. The van der Waals surface area contributed by atoms with E-state index in [1.54, 1.807) is 0 Å². The summed E-state index contributed by atoms with van der Waals surface area (Å²) >= 11 is 0. The van der Waals surface area contributed by atoms with E-state index < -0.39 is 0 Å². The molecule has 0 spiro atoms. The molecule has 3 aromatic rings. The van der Waals surface area contributed by atoms with Gasteiger partial charge in [-0.3, -0.25) is 0 Å². The Morgan fingerprint density at radius 1 is 0.870 bits per heavy atom. The van der Waals surface area contributed by atoms with Crippen LogP contribution in [-0.2, 0) is 0 Å². The first-order chi connectivity index (χ1) is 11.3. The molecule has 0 N–H and O–H groups in total. The summed E-state index contributed by atoms with van der Waals surface area (Å²) in [6, 6.07) is 15.8. The highest BCUT2D eigenvalue weighted by Gasteiger charge is 2.10. The number of ether oxygens (including phenoxy) is 1. The maximum atomic E-state index is 5.77. The highest BCUT2D eigenvalue weighted by Crippen LogP contribution is 2.25.